The minimum Gasteiger partial charge on any atom is -0.497 e. The Bertz CT molecular complexity index is 889. The van der Waals surface area contributed by atoms with Gasteiger partial charge in [-0.25, -0.2) is 9.57 Å². The zero-order valence-corrected chi connectivity index (χ0v) is 17.7. The first kappa shape index (κ1) is 19.9. The first-order valence-corrected chi connectivity index (χ1v) is 10.7. The smallest absolute Gasteiger partial charge is 0.275 e. The van der Waals surface area contributed by atoms with Gasteiger partial charge in [0.25, 0.3) is 11.0 Å². The van der Waals surface area contributed by atoms with Crippen LogP contribution in [0.1, 0.15) is 19.3 Å². The van der Waals surface area contributed by atoms with Crippen molar-refractivity contribution in [3.05, 3.63) is 18.2 Å². The second kappa shape index (κ2) is 8.96. The van der Waals surface area contributed by atoms with Gasteiger partial charge < -0.3 is 20.1 Å². The third kappa shape index (κ3) is 4.45. The second-order valence-electron chi connectivity index (χ2n) is 7.17. The fourth-order valence-electron chi connectivity index (χ4n) is 3.66. The van der Waals surface area contributed by atoms with Gasteiger partial charge in [0, 0.05) is 6.54 Å². The van der Waals surface area contributed by atoms with Crippen molar-refractivity contribution in [1.82, 2.24) is 4.90 Å². The monoisotopic (exact) mass is 415 g/mol. The number of hydrogen-bond donors (Lipinski definition) is 1. The van der Waals surface area contributed by atoms with Crippen molar-refractivity contribution >= 4 is 34.9 Å². The van der Waals surface area contributed by atoms with Crippen molar-refractivity contribution < 1.29 is 14.0 Å². The summed E-state index contributed by atoms with van der Waals surface area (Å²) in [5.41, 5.74) is 6.12. The van der Waals surface area contributed by atoms with Crippen LogP contribution in [0.5, 0.6) is 11.5 Å². The van der Waals surface area contributed by atoms with Crippen LogP contribution >= 0.6 is 11.8 Å². The van der Waals surface area contributed by atoms with Crippen molar-refractivity contribution in [3.63, 3.8) is 0 Å². The van der Waals surface area contributed by atoms with Gasteiger partial charge in [-0.2, -0.15) is 0 Å². The third-order valence-corrected chi connectivity index (χ3v) is 6.21. The molecule has 3 aliphatic rings. The molecule has 0 aromatic heterocycles. The van der Waals surface area contributed by atoms with Gasteiger partial charge in [0.1, 0.15) is 11.5 Å². The molecule has 3 aliphatic heterocycles. The van der Waals surface area contributed by atoms with Gasteiger partial charge >= 0.3 is 0 Å². The summed E-state index contributed by atoms with van der Waals surface area (Å²) in [4.78, 5) is 17.2. The summed E-state index contributed by atoms with van der Waals surface area (Å²) < 4.78 is 12.9. The van der Waals surface area contributed by atoms with E-state index in [4.69, 9.17) is 25.2 Å². The van der Waals surface area contributed by atoms with E-state index >= 15 is 0 Å². The quantitative estimate of drug-likeness (QED) is 0.716. The average Bonchev–Trinajstić information content (AvgIpc) is 3.18. The first-order valence-electron chi connectivity index (χ1n) is 9.89. The summed E-state index contributed by atoms with van der Waals surface area (Å²) in [6, 6.07) is 5.35. The van der Waals surface area contributed by atoms with Gasteiger partial charge in [-0.1, -0.05) is 16.4 Å². The van der Waals surface area contributed by atoms with Crippen LogP contribution < -0.4 is 15.2 Å². The predicted molar refractivity (Wildman–Crippen MR) is 117 cm³/mol. The number of rotatable bonds is 6. The SMILES string of the molecule is COc1ccc(OC)c(SC2=NC3C(N)=NC=[N+](CCN4CCCCC4)C3=N2)c1. The van der Waals surface area contributed by atoms with Crippen LogP contribution in [0.2, 0.25) is 0 Å². The number of fused-ring (bicyclic) bond motifs is 1. The molecule has 1 fully saturated rings. The highest BCUT2D eigenvalue weighted by molar-refractivity contribution is 8.14. The lowest BCUT2D eigenvalue weighted by molar-refractivity contribution is -0.408. The number of nitrogens with two attached hydrogens (primary N) is 1. The molecule has 1 aromatic rings. The standard InChI is InChI=1S/C20H26N6O2S/c1-27-14-6-7-15(28-2)16(12-14)29-20-23-17-18(21)22-13-26(19(17)24-20)11-10-25-8-4-3-5-9-25/h6-7,12-13,17,21H,3-5,8-11H2,1-2H3/p+1. The molecule has 3 heterocycles. The van der Waals surface area contributed by atoms with E-state index in [1.807, 2.05) is 18.2 Å². The lowest BCUT2D eigenvalue weighted by Crippen LogP contribution is -2.45. The molecule has 154 valence electrons. The largest absolute Gasteiger partial charge is 0.497 e. The summed E-state index contributed by atoms with van der Waals surface area (Å²) in [5.74, 6) is 2.84. The molecule has 0 spiro atoms. The van der Waals surface area contributed by atoms with E-state index in [9.17, 15) is 0 Å². The summed E-state index contributed by atoms with van der Waals surface area (Å²) >= 11 is 1.44. The Morgan fingerprint density at radius 1 is 1.21 bits per heavy atom. The van der Waals surface area contributed by atoms with Crippen LogP contribution in [-0.4, -0.2) is 79.1 Å². The van der Waals surface area contributed by atoms with Crippen molar-refractivity contribution in [3.8, 4) is 11.5 Å². The van der Waals surface area contributed by atoms with E-state index in [0.29, 0.717) is 11.0 Å². The topological polar surface area (TPSA) is 87.8 Å². The molecular formula is C20H27N6O2S+. The number of thioether (sulfide) groups is 1. The molecule has 1 saturated heterocycles. The van der Waals surface area contributed by atoms with E-state index in [-0.39, 0.29) is 6.04 Å². The van der Waals surface area contributed by atoms with Crippen LogP contribution in [0.3, 0.4) is 0 Å². The number of benzene rings is 1. The maximum absolute atomic E-state index is 6.12. The summed E-state index contributed by atoms with van der Waals surface area (Å²) in [6.45, 7) is 4.16. The summed E-state index contributed by atoms with van der Waals surface area (Å²) in [6.07, 6.45) is 5.68. The fourth-order valence-corrected chi connectivity index (χ4v) is 4.58. The molecule has 0 amide bonds. The summed E-state index contributed by atoms with van der Waals surface area (Å²) in [7, 11) is 3.29. The fraction of sp³-hybridized carbons (Fsp3) is 0.500. The highest BCUT2D eigenvalue weighted by atomic mass is 32.2. The number of aliphatic imine (C=N–C) groups is 3. The zero-order chi connectivity index (χ0) is 20.2. The third-order valence-electron chi connectivity index (χ3n) is 5.29. The van der Waals surface area contributed by atoms with E-state index in [1.54, 1.807) is 20.6 Å². The second-order valence-corrected chi connectivity index (χ2v) is 8.18. The molecule has 8 nitrogen and oxygen atoms in total. The molecule has 2 N–H and O–H groups in total. The molecule has 1 atom stereocenters. The Morgan fingerprint density at radius 3 is 2.79 bits per heavy atom. The number of nitrogens with zero attached hydrogens (tertiary/aromatic N) is 5. The molecule has 4 rings (SSSR count). The lowest BCUT2D eigenvalue weighted by atomic mass is 10.1. The Labute approximate surface area is 175 Å². The molecule has 0 aliphatic carbocycles. The van der Waals surface area contributed by atoms with Crippen LogP contribution in [0.25, 0.3) is 0 Å². The van der Waals surface area contributed by atoms with Gasteiger partial charge in [0.2, 0.25) is 18.2 Å². The van der Waals surface area contributed by atoms with Crippen LogP contribution in [-0.2, 0) is 0 Å². The van der Waals surface area contributed by atoms with Crippen molar-refractivity contribution in [2.24, 2.45) is 20.7 Å². The average molecular weight is 416 g/mol. The van der Waals surface area contributed by atoms with Gasteiger partial charge in [-0.05, 0) is 55.9 Å². The molecule has 1 unspecified atom stereocenters. The molecule has 0 radical (unpaired) electrons. The minimum atomic E-state index is -0.319. The Kier molecular flexibility index (Phi) is 6.15. The van der Waals surface area contributed by atoms with Crippen molar-refractivity contribution in [2.75, 3.05) is 40.4 Å². The van der Waals surface area contributed by atoms with Crippen LogP contribution in [0.4, 0.5) is 0 Å². The molecule has 0 bridgehead atoms. The van der Waals surface area contributed by atoms with Crippen LogP contribution in [0, 0.1) is 0 Å². The maximum atomic E-state index is 6.12. The van der Waals surface area contributed by atoms with Gasteiger partial charge in [-0.15, -0.1) is 0 Å². The van der Waals surface area contributed by atoms with Gasteiger partial charge in [0.15, 0.2) is 0 Å². The highest BCUT2D eigenvalue weighted by Crippen LogP contribution is 2.35. The lowest BCUT2D eigenvalue weighted by Gasteiger charge is -2.26. The number of hydrogen-bond acceptors (Lipinski definition) is 8. The van der Waals surface area contributed by atoms with E-state index in [0.717, 1.165) is 35.3 Å². The van der Waals surface area contributed by atoms with Crippen LogP contribution in [0.15, 0.2) is 38.1 Å². The zero-order valence-electron chi connectivity index (χ0n) is 16.9. The Balaban J connectivity index is 1.50. The first-order chi connectivity index (χ1) is 14.2. The van der Waals surface area contributed by atoms with Crippen molar-refractivity contribution in [1.29, 1.82) is 0 Å². The molecule has 1 aromatic carbocycles. The molecule has 0 saturated carbocycles. The number of piperidine rings is 1. The normalized spacial score (nSPS) is 21.7. The number of ether oxygens (including phenoxy) is 2. The Morgan fingerprint density at radius 2 is 2.03 bits per heavy atom. The van der Waals surface area contributed by atoms with E-state index < -0.39 is 0 Å². The van der Waals surface area contributed by atoms with Gasteiger partial charge in [0.05, 0.1) is 25.7 Å². The Hall–Kier alpha value is -2.39. The number of amidine groups is 3. The van der Waals surface area contributed by atoms with Gasteiger partial charge in [-0.3, -0.25) is 0 Å². The molecule has 29 heavy (non-hydrogen) atoms. The molecule has 9 heteroatoms. The highest BCUT2D eigenvalue weighted by Gasteiger charge is 2.38. The maximum Gasteiger partial charge on any atom is 0.275 e. The minimum absolute atomic E-state index is 0.319. The summed E-state index contributed by atoms with van der Waals surface area (Å²) in [5, 5.41) is 0.646. The molecular weight excluding hydrogens is 388 g/mol. The van der Waals surface area contributed by atoms with Crippen molar-refractivity contribution in [2.45, 2.75) is 30.2 Å². The predicted octanol–water partition coefficient (Wildman–Crippen LogP) is 1.83. The van der Waals surface area contributed by atoms with E-state index in [1.165, 1.54) is 44.1 Å². The number of methoxy groups -OCH3 is 2. The van der Waals surface area contributed by atoms with E-state index in [2.05, 4.69) is 14.5 Å². The number of likely N-dealkylation sites (tertiary alicyclic amines) is 1.